The Kier molecular flexibility index (Phi) is 4.88. The first-order valence-electron chi connectivity index (χ1n) is 5.36. The van der Waals surface area contributed by atoms with Gasteiger partial charge in [0.1, 0.15) is 0 Å². The van der Waals surface area contributed by atoms with Crippen LogP contribution in [0.5, 0.6) is 0 Å². The van der Waals surface area contributed by atoms with E-state index >= 15 is 0 Å². The van der Waals surface area contributed by atoms with Crippen LogP contribution in [-0.2, 0) is 9.53 Å². The summed E-state index contributed by atoms with van der Waals surface area (Å²) in [7, 11) is 1.43. The zero-order valence-electron chi connectivity index (χ0n) is 9.40. The highest BCUT2D eigenvalue weighted by molar-refractivity contribution is 5.68. The first-order valence-corrected chi connectivity index (χ1v) is 5.36. The predicted octanol–water partition coefficient (Wildman–Crippen LogP) is 3.13. The minimum atomic E-state index is -0.115. The Hall–Kier alpha value is -1.31. The zero-order valence-corrected chi connectivity index (χ0v) is 9.40. The molecule has 1 aromatic rings. The molecule has 2 heteroatoms. The van der Waals surface area contributed by atoms with Crippen molar-refractivity contribution in [2.75, 3.05) is 7.11 Å². The van der Waals surface area contributed by atoms with Crippen molar-refractivity contribution in [2.45, 2.75) is 32.1 Å². The summed E-state index contributed by atoms with van der Waals surface area (Å²) in [6.45, 7) is 2.19. The number of ether oxygens (including phenoxy) is 1. The molecular formula is C13H18O2. The normalized spacial score (nSPS) is 12.1. The van der Waals surface area contributed by atoms with Gasteiger partial charge in [0.25, 0.3) is 0 Å². The molecule has 15 heavy (non-hydrogen) atoms. The Morgan fingerprint density at radius 3 is 2.60 bits per heavy atom. The van der Waals surface area contributed by atoms with E-state index in [-0.39, 0.29) is 5.97 Å². The summed E-state index contributed by atoms with van der Waals surface area (Å²) in [4.78, 5) is 10.9. The topological polar surface area (TPSA) is 26.3 Å². The van der Waals surface area contributed by atoms with Gasteiger partial charge in [0, 0.05) is 6.42 Å². The molecule has 0 aliphatic rings. The Morgan fingerprint density at radius 2 is 2.00 bits per heavy atom. The van der Waals surface area contributed by atoms with Crippen molar-refractivity contribution in [1.82, 2.24) is 0 Å². The maximum Gasteiger partial charge on any atom is 0.305 e. The molecule has 0 saturated carbocycles. The number of methoxy groups -OCH3 is 1. The van der Waals surface area contributed by atoms with Gasteiger partial charge in [-0.05, 0) is 24.3 Å². The third kappa shape index (κ3) is 4.15. The van der Waals surface area contributed by atoms with Crippen molar-refractivity contribution in [3.8, 4) is 0 Å². The fourth-order valence-corrected chi connectivity index (χ4v) is 1.60. The lowest BCUT2D eigenvalue weighted by Crippen LogP contribution is -2.01. The van der Waals surface area contributed by atoms with Crippen molar-refractivity contribution < 1.29 is 9.53 Å². The first-order chi connectivity index (χ1) is 7.24. The van der Waals surface area contributed by atoms with Crippen LogP contribution in [0.25, 0.3) is 0 Å². The molecule has 0 saturated heterocycles. The number of hydrogen-bond acceptors (Lipinski definition) is 2. The Labute approximate surface area is 91.3 Å². The Morgan fingerprint density at radius 1 is 1.33 bits per heavy atom. The number of carbonyl (C=O) groups excluding carboxylic acids is 1. The van der Waals surface area contributed by atoms with Gasteiger partial charge < -0.3 is 4.74 Å². The summed E-state index contributed by atoms with van der Waals surface area (Å²) in [5.41, 5.74) is 1.34. The minimum absolute atomic E-state index is 0.115. The monoisotopic (exact) mass is 206 g/mol. The summed E-state index contributed by atoms with van der Waals surface area (Å²) in [5.74, 6) is 0.395. The molecule has 0 spiro atoms. The molecule has 2 nitrogen and oxygen atoms in total. The molecule has 0 N–H and O–H groups in total. The van der Waals surface area contributed by atoms with Crippen molar-refractivity contribution in [1.29, 1.82) is 0 Å². The predicted molar refractivity (Wildman–Crippen MR) is 60.7 cm³/mol. The van der Waals surface area contributed by atoms with Crippen molar-refractivity contribution in [3.63, 3.8) is 0 Å². The van der Waals surface area contributed by atoms with Gasteiger partial charge in [-0.15, -0.1) is 0 Å². The van der Waals surface area contributed by atoms with E-state index < -0.39 is 0 Å². The average molecular weight is 206 g/mol. The second-order valence-corrected chi connectivity index (χ2v) is 3.78. The van der Waals surface area contributed by atoms with Gasteiger partial charge in [-0.1, -0.05) is 37.3 Å². The lowest BCUT2D eigenvalue weighted by atomic mass is 9.96. The Bertz CT molecular complexity index is 293. The van der Waals surface area contributed by atoms with E-state index in [4.69, 9.17) is 0 Å². The lowest BCUT2D eigenvalue weighted by Gasteiger charge is -2.10. The van der Waals surface area contributed by atoms with Gasteiger partial charge in [-0.25, -0.2) is 0 Å². The molecule has 0 bridgehead atoms. The van der Waals surface area contributed by atoms with Gasteiger partial charge in [-0.2, -0.15) is 0 Å². The maximum absolute atomic E-state index is 10.9. The van der Waals surface area contributed by atoms with E-state index in [2.05, 4.69) is 23.8 Å². The van der Waals surface area contributed by atoms with Gasteiger partial charge >= 0.3 is 5.97 Å². The molecule has 1 aromatic carbocycles. The van der Waals surface area contributed by atoms with Crippen molar-refractivity contribution >= 4 is 5.97 Å². The summed E-state index contributed by atoms with van der Waals surface area (Å²) in [6.07, 6.45) is 2.44. The Balaban J connectivity index is 2.31. The van der Waals surface area contributed by atoms with E-state index in [9.17, 15) is 4.79 Å². The zero-order chi connectivity index (χ0) is 11.1. The van der Waals surface area contributed by atoms with Crippen LogP contribution >= 0.6 is 0 Å². The molecule has 0 amide bonds. The van der Waals surface area contributed by atoms with Gasteiger partial charge in [0.15, 0.2) is 0 Å². The lowest BCUT2D eigenvalue weighted by molar-refractivity contribution is -0.140. The number of benzene rings is 1. The average Bonchev–Trinajstić information content (AvgIpc) is 2.29. The third-order valence-electron chi connectivity index (χ3n) is 2.61. The molecule has 82 valence electrons. The fraction of sp³-hybridized carbons (Fsp3) is 0.462. The second-order valence-electron chi connectivity index (χ2n) is 3.78. The smallest absolute Gasteiger partial charge is 0.305 e. The largest absolute Gasteiger partial charge is 0.469 e. The molecule has 0 aliphatic heterocycles. The van der Waals surface area contributed by atoms with Crippen LogP contribution in [0, 0.1) is 0 Å². The number of carbonyl (C=O) groups is 1. The quantitative estimate of drug-likeness (QED) is 0.692. The first kappa shape index (κ1) is 11.8. The van der Waals surface area contributed by atoms with Crippen LogP contribution in [0.1, 0.15) is 37.7 Å². The van der Waals surface area contributed by atoms with E-state index in [1.54, 1.807) is 0 Å². The fourth-order valence-electron chi connectivity index (χ4n) is 1.60. The highest BCUT2D eigenvalue weighted by atomic mass is 16.5. The minimum Gasteiger partial charge on any atom is -0.469 e. The number of rotatable bonds is 5. The summed E-state index contributed by atoms with van der Waals surface area (Å²) >= 11 is 0. The van der Waals surface area contributed by atoms with Crippen LogP contribution in [0.15, 0.2) is 30.3 Å². The van der Waals surface area contributed by atoms with Crippen LogP contribution in [-0.4, -0.2) is 13.1 Å². The molecule has 1 unspecified atom stereocenters. The molecule has 0 aliphatic carbocycles. The van der Waals surface area contributed by atoms with E-state index in [0.29, 0.717) is 12.3 Å². The molecular weight excluding hydrogens is 188 g/mol. The molecule has 0 heterocycles. The summed E-state index contributed by atoms with van der Waals surface area (Å²) < 4.78 is 4.60. The third-order valence-corrected chi connectivity index (χ3v) is 2.61. The van der Waals surface area contributed by atoms with E-state index in [0.717, 1.165) is 12.8 Å². The van der Waals surface area contributed by atoms with Gasteiger partial charge in [-0.3, -0.25) is 4.79 Å². The van der Waals surface area contributed by atoms with Crippen LogP contribution in [0.2, 0.25) is 0 Å². The second kappa shape index (κ2) is 6.23. The highest BCUT2D eigenvalue weighted by Gasteiger charge is 2.06. The summed E-state index contributed by atoms with van der Waals surface area (Å²) in [6, 6.07) is 10.4. The van der Waals surface area contributed by atoms with Crippen molar-refractivity contribution in [3.05, 3.63) is 35.9 Å². The highest BCUT2D eigenvalue weighted by Crippen LogP contribution is 2.20. The number of hydrogen-bond donors (Lipinski definition) is 0. The number of esters is 1. The van der Waals surface area contributed by atoms with E-state index in [1.165, 1.54) is 12.7 Å². The van der Waals surface area contributed by atoms with Crippen LogP contribution < -0.4 is 0 Å². The van der Waals surface area contributed by atoms with Crippen LogP contribution in [0.3, 0.4) is 0 Å². The maximum atomic E-state index is 10.9. The van der Waals surface area contributed by atoms with Gasteiger partial charge in [0.2, 0.25) is 0 Å². The molecule has 0 fully saturated rings. The molecule has 0 radical (unpaired) electrons. The van der Waals surface area contributed by atoms with E-state index in [1.807, 2.05) is 18.2 Å². The van der Waals surface area contributed by atoms with Crippen LogP contribution in [0.4, 0.5) is 0 Å². The molecule has 1 rings (SSSR count). The summed E-state index contributed by atoms with van der Waals surface area (Å²) in [5, 5.41) is 0. The molecule has 1 atom stereocenters. The van der Waals surface area contributed by atoms with Crippen molar-refractivity contribution in [2.24, 2.45) is 0 Å². The standard InChI is InChI=1S/C13H18O2/c1-11(7-6-10-13(14)15-2)12-8-4-3-5-9-12/h3-5,8-9,11H,6-7,10H2,1-2H3. The molecule has 0 aromatic heterocycles. The SMILES string of the molecule is COC(=O)CCCC(C)c1ccccc1. The van der Waals surface area contributed by atoms with Gasteiger partial charge in [0.05, 0.1) is 7.11 Å².